The minimum Gasteiger partial charge on any atom is -1.00 e. The second-order valence-corrected chi connectivity index (χ2v) is 6.20. The van der Waals surface area contributed by atoms with Crippen molar-refractivity contribution in [2.75, 3.05) is 6.54 Å². The second-order valence-electron chi connectivity index (χ2n) is 6.20. The number of aliphatic hydroxyl groups is 1. The third kappa shape index (κ3) is 7.22. The van der Waals surface area contributed by atoms with Crippen LogP contribution in [0.15, 0.2) is 60.7 Å². The molecule has 0 radical (unpaired) electrons. The van der Waals surface area contributed by atoms with E-state index in [-0.39, 0.29) is 24.2 Å². The Hall–Kier alpha value is -1.94. The number of aryl methyl sites for hydroxylation is 1. The number of carbonyl (C=O) groups excluding carboxylic acids is 1. The molecular formula is C21H26ClNO2. The van der Waals surface area contributed by atoms with Crippen LogP contribution in [-0.2, 0) is 4.79 Å². The molecule has 0 fully saturated rings. The van der Waals surface area contributed by atoms with Crippen molar-refractivity contribution in [3.8, 4) is 0 Å². The molecule has 3 nitrogen and oxygen atoms in total. The first kappa shape index (κ1) is 21.1. The number of nitrogens with two attached hydrogens (primary N) is 1. The smallest absolute Gasteiger partial charge is 0.161 e. The SMILES string of the molecule is Cc1ccc(/C=C/C(=O)CC[NH2+]C(C)C(O)c2ccccc2)cc1.[Cl-]. The predicted octanol–water partition coefficient (Wildman–Crippen LogP) is -0.343. The van der Waals surface area contributed by atoms with Gasteiger partial charge in [-0.15, -0.1) is 0 Å². The molecule has 0 spiro atoms. The van der Waals surface area contributed by atoms with Crippen molar-refractivity contribution in [1.82, 2.24) is 0 Å². The number of hydrogen-bond acceptors (Lipinski definition) is 2. The first-order valence-electron chi connectivity index (χ1n) is 8.40. The van der Waals surface area contributed by atoms with Gasteiger partial charge in [-0.05, 0) is 31.1 Å². The van der Waals surface area contributed by atoms with Crippen LogP contribution in [0.4, 0.5) is 0 Å². The van der Waals surface area contributed by atoms with Crippen LogP contribution in [0, 0.1) is 6.92 Å². The summed E-state index contributed by atoms with van der Waals surface area (Å²) in [6.45, 7) is 4.69. The fraction of sp³-hybridized carbons (Fsp3) is 0.286. The zero-order valence-electron chi connectivity index (χ0n) is 14.7. The Balaban J connectivity index is 0.00000312. The lowest BCUT2D eigenvalue weighted by atomic mass is 10.0. The van der Waals surface area contributed by atoms with Gasteiger partial charge in [0.25, 0.3) is 0 Å². The van der Waals surface area contributed by atoms with Gasteiger partial charge in [0, 0.05) is 0 Å². The number of hydrogen-bond donors (Lipinski definition) is 2. The van der Waals surface area contributed by atoms with Gasteiger partial charge in [0.05, 0.1) is 13.0 Å². The molecule has 2 aromatic carbocycles. The van der Waals surface area contributed by atoms with Gasteiger partial charge in [0.1, 0.15) is 12.1 Å². The van der Waals surface area contributed by atoms with Crippen LogP contribution < -0.4 is 17.7 Å². The van der Waals surface area contributed by atoms with Gasteiger partial charge in [-0.25, -0.2) is 0 Å². The highest BCUT2D eigenvalue weighted by Crippen LogP contribution is 2.13. The largest absolute Gasteiger partial charge is 1.00 e. The van der Waals surface area contributed by atoms with Crippen LogP contribution in [0.2, 0.25) is 0 Å². The number of rotatable bonds is 8. The molecular weight excluding hydrogens is 334 g/mol. The zero-order valence-corrected chi connectivity index (χ0v) is 15.5. The molecule has 0 aliphatic heterocycles. The van der Waals surface area contributed by atoms with Crippen LogP contribution >= 0.6 is 0 Å². The Kier molecular flexibility index (Phi) is 9.14. The van der Waals surface area contributed by atoms with Crippen molar-refractivity contribution in [2.24, 2.45) is 0 Å². The summed E-state index contributed by atoms with van der Waals surface area (Å²) in [5.74, 6) is 0.105. The van der Waals surface area contributed by atoms with E-state index >= 15 is 0 Å². The Labute approximate surface area is 156 Å². The highest BCUT2D eigenvalue weighted by Gasteiger charge is 2.18. The summed E-state index contributed by atoms with van der Waals surface area (Å²) in [5, 5.41) is 12.3. The van der Waals surface area contributed by atoms with Gasteiger partial charge in [0.15, 0.2) is 5.78 Å². The van der Waals surface area contributed by atoms with Crippen molar-refractivity contribution >= 4 is 11.9 Å². The number of aliphatic hydroxyl groups excluding tert-OH is 1. The Bertz CT molecular complexity index is 668. The van der Waals surface area contributed by atoms with Crippen LogP contribution in [-0.4, -0.2) is 23.5 Å². The quantitative estimate of drug-likeness (QED) is 0.633. The summed E-state index contributed by atoms with van der Waals surface area (Å²) in [4.78, 5) is 11.9. The fourth-order valence-electron chi connectivity index (χ4n) is 2.52. The van der Waals surface area contributed by atoms with E-state index in [0.717, 1.165) is 11.1 Å². The molecule has 0 saturated heterocycles. The molecule has 134 valence electrons. The van der Waals surface area contributed by atoms with Gasteiger partial charge < -0.3 is 22.8 Å². The van der Waals surface area contributed by atoms with Gasteiger partial charge in [0.2, 0.25) is 0 Å². The molecule has 0 heterocycles. The third-order valence-electron chi connectivity index (χ3n) is 4.11. The van der Waals surface area contributed by atoms with Crippen molar-refractivity contribution in [2.45, 2.75) is 32.4 Å². The molecule has 0 amide bonds. The molecule has 3 N–H and O–H groups in total. The van der Waals surface area contributed by atoms with Crippen LogP contribution in [0.25, 0.3) is 6.08 Å². The van der Waals surface area contributed by atoms with Crippen molar-refractivity contribution in [3.05, 3.63) is 77.4 Å². The van der Waals surface area contributed by atoms with E-state index in [1.807, 2.05) is 79.8 Å². The molecule has 2 rings (SSSR count). The van der Waals surface area contributed by atoms with Crippen LogP contribution in [0.5, 0.6) is 0 Å². The molecule has 25 heavy (non-hydrogen) atoms. The van der Waals surface area contributed by atoms with Crippen molar-refractivity contribution in [3.63, 3.8) is 0 Å². The summed E-state index contributed by atoms with van der Waals surface area (Å²) in [7, 11) is 0. The Morgan fingerprint density at radius 1 is 1.12 bits per heavy atom. The molecule has 0 aliphatic rings. The number of benzene rings is 2. The average molecular weight is 360 g/mol. The maximum atomic E-state index is 11.9. The minimum atomic E-state index is -0.524. The summed E-state index contributed by atoms with van der Waals surface area (Å²) >= 11 is 0. The van der Waals surface area contributed by atoms with Crippen molar-refractivity contribution < 1.29 is 27.6 Å². The summed E-state index contributed by atoms with van der Waals surface area (Å²) in [6.07, 6.45) is 3.43. The number of allylic oxidation sites excluding steroid dienone is 1. The lowest BCUT2D eigenvalue weighted by Gasteiger charge is -2.17. The molecule has 0 aliphatic carbocycles. The van der Waals surface area contributed by atoms with E-state index in [1.165, 1.54) is 5.56 Å². The van der Waals surface area contributed by atoms with E-state index in [1.54, 1.807) is 6.08 Å². The number of ketones is 1. The molecule has 4 heteroatoms. The highest BCUT2D eigenvalue weighted by atomic mass is 35.5. The highest BCUT2D eigenvalue weighted by molar-refractivity contribution is 5.93. The molecule has 2 aromatic rings. The normalized spacial score (nSPS) is 13.2. The van der Waals surface area contributed by atoms with Crippen molar-refractivity contribution in [1.29, 1.82) is 0 Å². The number of halogens is 1. The standard InChI is InChI=1S/C21H25NO2.ClH/c1-16-8-10-18(11-9-16)12-13-20(23)14-15-22-17(2)21(24)19-6-4-3-5-7-19;/h3-13,17,21-22,24H,14-15H2,1-2H3;1H/b13-12+;. The first-order valence-corrected chi connectivity index (χ1v) is 8.40. The maximum Gasteiger partial charge on any atom is 0.161 e. The lowest BCUT2D eigenvalue weighted by molar-refractivity contribution is -0.693. The molecule has 0 saturated carbocycles. The predicted molar refractivity (Wildman–Crippen MR) is 97.5 cm³/mol. The summed E-state index contributed by atoms with van der Waals surface area (Å²) < 4.78 is 0. The average Bonchev–Trinajstić information content (AvgIpc) is 2.61. The number of carbonyl (C=O) groups is 1. The molecule has 0 aromatic heterocycles. The Morgan fingerprint density at radius 2 is 1.76 bits per heavy atom. The molecule has 2 atom stereocenters. The van der Waals surface area contributed by atoms with Gasteiger partial charge >= 0.3 is 0 Å². The topological polar surface area (TPSA) is 53.9 Å². The van der Waals surface area contributed by atoms with E-state index in [0.29, 0.717) is 13.0 Å². The summed E-state index contributed by atoms with van der Waals surface area (Å²) in [5.41, 5.74) is 3.15. The zero-order chi connectivity index (χ0) is 17.4. The second kappa shape index (κ2) is 10.8. The third-order valence-corrected chi connectivity index (χ3v) is 4.11. The molecule has 0 bridgehead atoms. The van der Waals surface area contributed by atoms with E-state index in [4.69, 9.17) is 0 Å². The lowest BCUT2D eigenvalue weighted by Crippen LogP contribution is -3.00. The minimum absolute atomic E-state index is 0. The van der Waals surface area contributed by atoms with E-state index < -0.39 is 6.10 Å². The summed E-state index contributed by atoms with van der Waals surface area (Å²) in [6, 6.07) is 17.7. The number of quaternary nitrogens is 1. The van der Waals surface area contributed by atoms with Gasteiger partial charge in [-0.1, -0.05) is 66.2 Å². The maximum absolute atomic E-state index is 11.9. The van der Waals surface area contributed by atoms with Crippen LogP contribution in [0.1, 0.15) is 36.1 Å². The van der Waals surface area contributed by atoms with Crippen LogP contribution in [0.3, 0.4) is 0 Å². The van der Waals surface area contributed by atoms with Gasteiger partial charge in [-0.3, -0.25) is 4.79 Å². The first-order chi connectivity index (χ1) is 11.6. The van der Waals surface area contributed by atoms with E-state index in [2.05, 4.69) is 0 Å². The monoisotopic (exact) mass is 359 g/mol. The van der Waals surface area contributed by atoms with E-state index in [9.17, 15) is 9.90 Å². The molecule has 2 unspecified atom stereocenters. The van der Waals surface area contributed by atoms with Gasteiger partial charge in [-0.2, -0.15) is 0 Å². The Morgan fingerprint density at radius 3 is 2.40 bits per heavy atom. The fourth-order valence-corrected chi connectivity index (χ4v) is 2.52.